The van der Waals surface area contributed by atoms with Gasteiger partial charge in [-0.2, -0.15) is 5.10 Å². The molecule has 0 atom stereocenters. The molecule has 0 amide bonds. The highest BCUT2D eigenvalue weighted by Crippen LogP contribution is 2.40. The lowest BCUT2D eigenvalue weighted by molar-refractivity contribution is 0.697. The van der Waals surface area contributed by atoms with Gasteiger partial charge < -0.3 is 5.73 Å². The molecule has 3 rings (SSSR count). The molecule has 2 aromatic rings. The first-order valence-electron chi connectivity index (χ1n) is 5.12. The third-order valence-electron chi connectivity index (χ3n) is 2.85. The van der Waals surface area contributed by atoms with E-state index in [2.05, 4.69) is 15.2 Å². The summed E-state index contributed by atoms with van der Waals surface area (Å²) in [5.41, 5.74) is 8.52. The van der Waals surface area contributed by atoms with Gasteiger partial charge in [0, 0.05) is 4.88 Å². The number of thiophene rings is 1. The van der Waals surface area contributed by atoms with Gasteiger partial charge in [0.1, 0.15) is 6.33 Å². The zero-order chi connectivity index (χ0) is 10.3. The zero-order valence-electron chi connectivity index (χ0n) is 8.29. The van der Waals surface area contributed by atoms with E-state index in [1.165, 1.54) is 36.0 Å². The third kappa shape index (κ3) is 1.34. The molecule has 0 radical (unpaired) electrons. The zero-order valence-corrected chi connectivity index (χ0v) is 9.10. The largest absolute Gasteiger partial charge is 0.390 e. The number of hydrogen-bond donors (Lipinski definition) is 2. The van der Waals surface area contributed by atoms with E-state index in [1.54, 1.807) is 11.3 Å². The molecule has 0 aromatic carbocycles. The van der Waals surface area contributed by atoms with Gasteiger partial charge >= 0.3 is 0 Å². The molecule has 15 heavy (non-hydrogen) atoms. The van der Waals surface area contributed by atoms with Crippen LogP contribution >= 0.6 is 11.3 Å². The van der Waals surface area contributed by atoms with Crippen molar-refractivity contribution in [2.24, 2.45) is 0 Å². The molecule has 0 bridgehead atoms. The van der Waals surface area contributed by atoms with Crippen molar-refractivity contribution >= 4 is 16.3 Å². The van der Waals surface area contributed by atoms with E-state index in [0.717, 1.165) is 22.8 Å². The van der Waals surface area contributed by atoms with Gasteiger partial charge in [-0.25, -0.2) is 4.98 Å². The van der Waals surface area contributed by atoms with Gasteiger partial charge in [-0.15, -0.1) is 11.3 Å². The van der Waals surface area contributed by atoms with Crippen LogP contribution in [0, 0.1) is 0 Å². The topological polar surface area (TPSA) is 67.6 Å². The van der Waals surface area contributed by atoms with E-state index in [9.17, 15) is 0 Å². The Balaban J connectivity index is 2.18. The fraction of sp³-hybridized carbons (Fsp3) is 0.400. The van der Waals surface area contributed by atoms with Crippen LogP contribution in [-0.2, 0) is 12.8 Å². The highest BCUT2D eigenvalue weighted by molar-refractivity contribution is 7.16. The van der Waals surface area contributed by atoms with Crippen LogP contribution in [0.5, 0.6) is 0 Å². The van der Waals surface area contributed by atoms with Gasteiger partial charge in [0.05, 0.1) is 10.6 Å². The molecular weight excluding hydrogens is 208 g/mol. The maximum atomic E-state index is 6.04. The average Bonchev–Trinajstić information content (AvgIpc) is 2.82. The Hall–Kier alpha value is -1.36. The maximum absolute atomic E-state index is 6.04. The van der Waals surface area contributed by atoms with Crippen molar-refractivity contribution in [2.75, 3.05) is 5.73 Å². The summed E-state index contributed by atoms with van der Waals surface area (Å²) in [6, 6.07) is 0. The smallest absolute Gasteiger partial charge is 0.158 e. The number of aryl methyl sites for hydroxylation is 1. The first-order chi connectivity index (χ1) is 7.36. The molecule has 2 heterocycles. The minimum Gasteiger partial charge on any atom is -0.390 e. The number of fused-ring (bicyclic) bond motifs is 1. The predicted molar refractivity (Wildman–Crippen MR) is 60.8 cm³/mol. The molecule has 0 unspecified atom stereocenters. The van der Waals surface area contributed by atoms with Crippen LogP contribution in [0.25, 0.3) is 11.4 Å². The minimum atomic E-state index is 0.812. The average molecular weight is 220 g/mol. The molecule has 1 aliphatic rings. The number of rotatable bonds is 1. The van der Waals surface area contributed by atoms with Gasteiger partial charge in [0.2, 0.25) is 0 Å². The Morgan fingerprint density at radius 1 is 1.33 bits per heavy atom. The number of anilines is 1. The van der Waals surface area contributed by atoms with Crippen LogP contribution in [0.2, 0.25) is 0 Å². The highest BCUT2D eigenvalue weighted by Gasteiger charge is 2.21. The summed E-state index contributed by atoms with van der Waals surface area (Å²) in [7, 11) is 0. The fourth-order valence-electron chi connectivity index (χ4n) is 2.17. The highest BCUT2D eigenvalue weighted by atomic mass is 32.1. The standard InChI is InChI=1S/C10H12N4S/c11-9-8(10-12-5-13-14-10)6-3-1-2-4-7(6)15-9/h5H,1-4,11H2,(H,12,13,14). The molecule has 0 spiro atoms. The van der Waals surface area contributed by atoms with Gasteiger partial charge in [0.15, 0.2) is 5.82 Å². The van der Waals surface area contributed by atoms with Gasteiger partial charge in [-0.1, -0.05) is 0 Å². The number of nitrogen functional groups attached to an aromatic ring is 1. The summed E-state index contributed by atoms with van der Waals surface area (Å²) in [4.78, 5) is 5.62. The first kappa shape index (κ1) is 8.91. The van der Waals surface area contributed by atoms with Crippen LogP contribution < -0.4 is 5.73 Å². The quantitative estimate of drug-likeness (QED) is 0.772. The Morgan fingerprint density at radius 2 is 2.20 bits per heavy atom. The van der Waals surface area contributed by atoms with Gasteiger partial charge in [-0.05, 0) is 31.2 Å². The van der Waals surface area contributed by atoms with Crippen molar-refractivity contribution in [1.29, 1.82) is 0 Å². The van der Waals surface area contributed by atoms with Gasteiger partial charge in [0.25, 0.3) is 0 Å². The molecule has 0 fully saturated rings. The molecule has 5 heteroatoms. The van der Waals surface area contributed by atoms with E-state index in [0.29, 0.717) is 0 Å². The van der Waals surface area contributed by atoms with Crippen molar-refractivity contribution in [2.45, 2.75) is 25.7 Å². The lowest BCUT2D eigenvalue weighted by Crippen LogP contribution is -2.00. The molecule has 0 saturated carbocycles. The van der Waals surface area contributed by atoms with E-state index in [1.807, 2.05) is 0 Å². The van der Waals surface area contributed by atoms with E-state index < -0.39 is 0 Å². The lowest BCUT2D eigenvalue weighted by atomic mass is 9.95. The van der Waals surface area contributed by atoms with Crippen LogP contribution in [-0.4, -0.2) is 15.2 Å². The maximum Gasteiger partial charge on any atom is 0.158 e. The first-order valence-corrected chi connectivity index (χ1v) is 5.93. The van der Waals surface area contributed by atoms with Crippen molar-refractivity contribution in [3.63, 3.8) is 0 Å². The number of nitrogens with two attached hydrogens (primary N) is 1. The number of aromatic nitrogens is 3. The number of aromatic amines is 1. The monoisotopic (exact) mass is 220 g/mol. The second-order valence-electron chi connectivity index (χ2n) is 3.78. The van der Waals surface area contributed by atoms with Crippen molar-refractivity contribution in [3.8, 4) is 11.4 Å². The molecular formula is C10H12N4S. The summed E-state index contributed by atoms with van der Waals surface area (Å²) < 4.78 is 0. The van der Waals surface area contributed by atoms with E-state index in [-0.39, 0.29) is 0 Å². The van der Waals surface area contributed by atoms with Gasteiger partial charge in [-0.3, -0.25) is 5.10 Å². The molecule has 0 aliphatic heterocycles. The number of H-pyrrole nitrogens is 1. The normalized spacial score (nSPS) is 15.2. The van der Waals surface area contributed by atoms with Crippen LogP contribution in [0.3, 0.4) is 0 Å². The molecule has 3 N–H and O–H groups in total. The molecule has 78 valence electrons. The Morgan fingerprint density at radius 3 is 3.00 bits per heavy atom. The SMILES string of the molecule is Nc1sc2c(c1-c1ncn[nH]1)CCCC2. The van der Waals surface area contributed by atoms with E-state index in [4.69, 9.17) is 5.73 Å². The molecule has 2 aromatic heterocycles. The predicted octanol–water partition coefficient (Wildman–Crippen LogP) is 1.99. The Labute approximate surface area is 91.5 Å². The summed E-state index contributed by atoms with van der Waals surface area (Å²) >= 11 is 1.71. The lowest BCUT2D eigenvalue weighted by Gasteiger charge is -2.11. The number of nitrogens with zero attached hydrogens (tertiary/aromatic N) is 2. The molecule has 1 aliphatic carbocycles. The second-order valence-corrected chi connectivity index (χ2v) is 4.92. The fourth-order valence-corrected chi connectivity index (χ4v) is 3.33. The van der Waals surface area contributed by atoms with Crippen molar-refractivity contribution in [1.82, 2.24) is 15.2 Å². The summed E-state index contributed by atoms with van der Waals surface area (Å²) in [6.45, 7) is 0. The van der Waals surface area contributed by atoms with Crippen LogP contribution in [0.4, 0.5) is 5.00 Å². The van der Waals surface area contributed by atoms with Crippen molar-refractivity contribution in [3.05, 3.63) is 16.8 Å². The number of hydrogen-bond acceptors (Lipinski definition) is 4. The van der Waals surface area contributed by atoms with Crippen LogP contribution in [0.15, 0.2) is 6.33 Å². The second kappa shape index (κ2) is 3.34. The number of nitrogens with one attached hydrogen (secondary N) is 1. The Kier molecular flexibility index (Phi) is 1.98. The van der Waals surface area contributed by atoms with Crippen LogP contribution in [0.1, 0.15) is 23.3 Å². The summed E-state index contributed by atoms with van der Waals surface area (Å²) in [6.07, 6.45) is 6.35. The molecule has 0 saturated heterocycles. The van der Waals surface area contributed by atoms with Crippen molar-refractivity contribution < 1.29 is 0 Å². The molecule has 4 nitrogen and oxygen atoms in total. The Bertz CT molecular complexity index is 472. The summed E-state index contributed by atoms with van der Waals surface area (Å²) in [5, 5.41) is 7.65. The summed E-state index contributed by atoms with van der Waals surface area (Å²) in [5.74, 6) is 0.812. The van der Waals surface area contributed by atoms with E-state index >= 15 is 0 Å². The minimum absolute atomic E-state index is 0.812. The third-order valence-corrected chi connectivity index (χ3v) is 3.97.